The molecule has 1 aromatic carbocycles. The molecule has 0 aliphatic rings. The van der Waals surface area contributed by atoms with Gasteiger partial charge in [0.1, 0.15) is 9.88 Å². The van der Waals surface area contributed by atoms with E-state index in [1.54, 1.807) is 19.1 Å². The van der Waals surface area contributed by atoms with Crippen LogP contribution in [0.3, 0.4) is 0 Å². The summed E-state index contributed by atoms with van der Waals surface area (Å²) in [5.41, 5.74) is 1.17. The molecule has 0 spiro atoms. The number of halogens is 1. The van der Waals surface area contributed by atoms with Crippen molar-refractivity contribution in [1.82, 2.24) is 4.98 Å². The van der Waals surface area contributed by atoms with Crippen molar-refractivity contribution in [3.63, 3.8) is 0 Å². The number of rotatable bonds is 5. The fourth-order valence-corrected chi connectivity index (χ4v) is 3.00. The lowest BCUT2D eigenvalue weighted by molar-refractivity contribution is 0.0701. The van der Waals surface area contributed by atoms with Crippen LogP contribution in [0.25, 0.3) is 10.6 Å². The van der Waals surface area contributed by atoms with E-state index in [0.717, 1.165) is 11.3 Å². The number of aryl methyl sites for hydroxylation is 1. The van der Waals surface area contributed by atoms with Gasteiger partial charge in [0.05, 0.1) is 24.4 Å². The molecule has 0 fully saturated rings. The zero-order valence-electron chi connectivity index (χ0n) is 11.8. The first-order valence-corrected chi connectivity index (χ1v) is 7.38. The number of hydrogen-bond acceptors (Lipinski definition) is 5. The van der Waals surface area contributed by atoms with Gasteiger partial charge in [-0.3, -0.25) is 0 Å². The Morgan fingerprint density at radius 2 is 2.19 bits per heavy atom. The second kappa shape index (κ2) is 6.32. The number of carbonyl (C=O) groups is 1. The highest BCUT2D eigenvalue weighted by atomic mass is 35.5. The van der Waals surface area contributed by atoms with Gasteiger partial charge in [0.25, 0.3) is 0 Å². The van der Waals surface area contributed by atoms with Crippen LogP contribution in [-0.4, -0.2) is 29.8 Å². The van der Waals surface area contributed by atoms with Gasteiger partial charge in [-0.1, -0.05) is 11.6 Å². The number of ether oxygens (including phenoxy) is 2. The molecular formula is C14H14ClNO4S. The van der Waals surface area contributed by atoms with Crippen molar-refractivity contribution < 1.29 is 19.4 Å². The fourth-order valence-electron chi connectivity index (χ4n) is 1.85. The van der Waals surface area contributed by atoms with E-state index >= 15 is 0 Å². The van der Waals surface area contributed by atoms with Crippen molar-refractivity contribution >= 4 is 28.9 Å². The maximum atomic E-state index is 11.1. The number of nitrogens with zero attached hydrogens (tertiary/aromatic N) is 1. The number of benzene rings is 1. The van der Waals surface area contributed by atoms with Gasteiger partial charge < -0.3 is 14.6 Å². The summed E-state index contributed by atoms with van der Waals surface area (Å²) in [6.45, 7) is 3.98. The average Bonchev–Trinajstić information content (AvgIpc) is 2.83. The number of thiazole rings is 1. The molecule has 0 aliphatic heterocycles. The summed E-state index contributed by atoms with van der Waals surface area (Å²) in [5, 5.41) is 10.1. The molecule has 2 aromatic rings. The minimum Gasteiger partial charge on any atom is -0.493 e. The first-order chi connectivity index (χ1) is 9.97. The van der Waals surface area contributed by atoms with Crippen LogP contribution in [0.4, 0.5) is 0 Å². The standard InChI is InChI=1S/C14H14ClNO4S/c1-4-20-11-9(15)5-8(6-10(11)19-3)13-16-7(2)12(21-13)14(17)18/h5-6H,4H2,1-3H3,(H,17,18). The quantitative estimate of drug-likeness (QED) is 0.902. The van der Waals surface area contributed by atoms with Gasteiger partial charge in [0.2, 0.25) is 0 Å². The third-order valence-electron chi connectivity index (χ3n) is 2.76. The lowest BCUT2D eigenvalue weighted by Crippen LogP contribution is -1.96. The Morgan fingerprint density at radius 1 is 1.48 bits per heavy atom. The molecule has 1 heterocycles. The molecule has 112 valence electrons. The molecule has 5 nitrogen and oxygen atoms in total. The van der Waals surface area contributed by atoms with Crippen LogP contribution < -0.4 is 9.47 Å². The molecule has 0 saturated heterocycles. The van der Waals surface area contributed by atoms with E-state index in [0.29, 0.717) is 39.4 Å². The minimum absolute atomic E-state index is 0.217. The van der Waals surface area contributed by atoms with Crippen LogP contribution in [-0.2, 0) is 0 Å². The lowest BCUT2D eigenvalue weighted by atomic mass is 10.2. The molecule has 1 N–H and O–H groups in total. The summed E-state index contributed by atoms with van der Waals surface area (Å²) in [5.74, 6) is -0.0264. The van der Waals surface area contributed by atoms with Gasteiger partial charge in [-0.25, -0.2) is 9.78 Å². The lowest BCUT2D eigenvalue weighted by Gasteiger charge is -2.12. The molecule has 2 rings (SSSR count). The molecule has 0 aliphatic carbocycles. The highest BCUT2D eigenvalue weighted by Gasteiger charge is 2.18. The third-order valence-corrected chi connectivity index (χ3v) is 4.23. The summed E-state index contributed by atoms with van der Waals surface area (Å²) < 4.78 is 10.7. The SMILES string of the molecule is CCOc1c(Cl)cc(-c2nc(C)c(C(=O)O)s2)cc1OC. The number of aromatic carboxylic acids is 1. The van der Waals surface area contributed by atoms with Crippen LogP contribution in [0.15, 0.2) is 12.1 Å². The normalized spacial score (nSPS) is 10.5. The van der Waals surface area contributed by atoms with E-state index in [1.165, 1.54) is 7.11 Å². The van der Waals surface area contributed by atoms with Crippen LogP contribution in [0.5, 0.6) is 11.5 Å². The topological polar surface area (TPSA) is 68.7 Å². The number of carboxylic acid groups (broad SMARTS) is 1. The smallest absolute Gasteiger partial charge is 0.347 e. The molecule has 0 unspecified atom stereocenters. The van der Waals surface area contributed by atoms with Crippen LogP contribution >= 0.6 is 22.9 Å². The second-order valence-electron chi connectivity index (χ2n) is 4.16. The van der Waals surface area contributed by atoms with Gasteiger partial charge in [-0.05, 0) is 26.0 Å². The number of methoxy groups -OCH3 is 1. The maximum Gasteiger partial charge on any atom is 0.347 e. The number of aromatic nitrogens is 1. The molecule has 0 saturated carbocycles. The van der Waals surface area contributed by atoms with Gasteiger partial charge >= 0.3 is 5.97 Å². The molecule has 1 aromatic heterocycles. The van der Waals surface area contributed by atoms with Gasteiger partial charge in [-0.2, -0.15) is 0 Å². The monoisotopic (exact) mass is 327 g/mol. The number of carboxylic acids is 1. The van der Waals surface area contributed by atoms with Crippen molar-refractivity contribution in [2.45, 2.75) is 13.8 Å². The summed E-state index contributed by atoms with van der Waals surface area (Å²) >= 11 is 7.31. The Bertz CT molecular complexity index is 684. The Kier molecular flexibility index (Phi) is 4.69. The summed E-state index contributed by atoms with van der Waals surface area (Å²) in [6, 6.07) is 3.43. The van der Waals surface area contributed by atoms with E-state index < -0.39 is 5.97 Å². The van der Waals surface area contributed by atoms with E-state index in [2.05, 4.69) is 4.98 Å². The predicted molar refractivity (Wildman–Crippen MR) is 82.0 cm³/mol. The highest BCUT2D eigenvalue weighted by Crippen LogP contribution is 2.40. The van der Waals surface area contributed by atoms with Crippen molar-refractivity contribution in [3.8, 4) is 22.1 Å². The fraction of sp³-hybridized carbons (Fsp3) is 0.286. The summed E-state index contributed by atoms with van der Waals surface area (Å²) in [4.78, 5) is 15.6. The first-order valence-electron chi connectivity index (χ1n) is 6.19. The number of hydrogen-bond donors (Lipinski definition) is 1. The zero-order chi connectivity index (χ0) is 15.6. The van der Waals surface area contributed by atoms with Gasteiger partial charge in [0.15, 0.2) is 11.5 Å². The first kappa shape index (κ1) is 15.6. The molecule has 0 radical (unpaired) electrons. The third kappa shape index (κ3) is 3.11. The highest BCUT2D eigenvalue weighted by molar-refractivity contribution is 7.17. The van der Waals surface area contributed by atoms with Crippen molar-refractivity contribution in [2.24, 2.45) is 0 Å². The predicted octanol–water partition coefficient (Wildman–Crippen LogP) is 3.88. The van der Waals surface area contributed by atoms with E-state index in [4.69, 9.17) is 26.2 Å². The van der Waals surface area contributed by atoms with Crippen molar-refractivity contribution in [3.05, 3.63) is 27.7 Å². The van der Waals surface area contributed by atoms with Crippen LogP contribution in [0.1, 0.15) is 22.3 Å². The second-order valence-corrected chi connectivity index (χ2v) is 5.57. The molecule has 0 atom stereocenters. The largest absolute Gasteiger partial charge is 0.493 e. The maximum absolute atomic E-state index is 11.1. The van der Waals surface area contributed by atoms with Crippen LogP contribution in [0.2, 0.25) is 5.02 Å². The minimum atomic E-state index is -0.986. The summed E-state index contributed by atoms with van der Waals surface area (Å²) in [7, 11) is 1.52. The average molecular weight is 328 g/mol. The van der Waals surface area contributed by atoms with Crippen molar-refractivity contribution in [2.75, 3.05) is 13.7 Å². The van der Waals surface area contributed by atoms with Gasteiger partial charge in [-0.15, -0.1) is 11.3 Å². The Morgan fingerprint density at radius 3 is 2.71 bits per heavy atom. The molecule has 21 heavy (non-hydrogen) atoms. The molecule has 0 amide bonds. The van der Waals surface area contributed by atoms with E-state index in [-0.39, 0.29) is 4.88 Å². The molecule has 0 bridgehead atoms. The van der Waals surface area contributed by atoms with Gasteiger partial charge in [0, 0.05) is 5.56 Å². The Labute approximate surface area is 131 Å². The van der Waals surface area contributed by atoms with E-state index in [9.17, 15) is 4.79 Å². The van der Waals surface area contributed by atoms with Crippen molar-refractivity contribution in [1.29, 1.82) is 0 Å². The Balaban J connectivity index is 2.52. The summed E-state index contributed by atoms with van der Waals surface area (Å²) in [6.07, 6.45) is 0. The zero-order valence-corrected chi connectivity index (χ0v) is 13.3. The van der Waals surface area contributed by atoms with E-state index in [1.807, 2.05) is 6.92 Å². The van der Waals surface area contributed by atoms with Crippen LogP contribution in [0, 0.1) is 6.92 Å². The Hall–Kier alpha value is -1.79. The molecular weight excluding hydrogens is 314 g/mol. The molecule has 7 heteroatoms.